The third kappa shape index (κ3) is 8.24. The van der Waals surface area contributed by atoms with E-state index >= 15 is 0 Å². The van der Waals surface area contributed by atoms with Crippen LogP contribution in [0.5, 0.6) is 5.75 Å². The normalized spacial score (nSPS) is 13.6. The average Bonchev–Trinajstić information content (AvgIpc) is 3.02. The summed E-state index contributed by atoms with van der Waals surface area (Å²) in [7, 11) is 0. The molecule has 5 rings (SSSR count). The molecule has 3 aromatic carbocycles. The Labute approximate surface area is 257 Å². The molecule has 0 unspecified atom stereocenters. The number of benzene rings is 3. The molecule has 1 amide bonds. The van der Waals surface area contributed by atoms with Gasteiger partial charge in [-0.2, -0.15) is 0 Å². The first-order chi connectivity index (χ1) is 20.9. The number of rotatable bonds is 11. The van der Waals surface area contributed by atoms with Crippen molar-refractivity contribution >= 4 is 29.5 Å². The molecule has 7 nitrogen and oxygen atoms in total. The molecule has 1 heterocycles. The van der Waals surface area contributed by atoms with Crippen molar-refractivity contribution < 1.29 is 19.8 Å². The lowest BCUT2D eigenvalue weighted by atomic mass is 9.84. The summed E-state index contributed by atoms with van der Waals surface area (Å²) in [6, 6.07) is 26.6. The predicted octanol–water partition coefficient (Wildman–Crippen LogP) is 7.58. The van der Waals surface area contributed by atoms with Crippen molar-refractivity contribution in [3.8, 4) is 5.75 Å². The van der Waals surface area contributed by atoms with Gasteiger partial charge in [0.15, 0.2) is 0 Å². The van der Waals surface area contributed by atoms with Crippen LogP contribution in [0.4, 0.5) is 5.69 Å². The molecule has 1 fully saturated rings. The van der Waals surface area contributed by atoms with Gasteiger partial charge in [0.1, 0.15) is 11.3 Å². The second-order valence-corrected chi connectivity index (χ2v) is 12.3. The van der Waals surface area contributed by atoms with Gasteiger partial charge in [-0.1, -0.05) is 67.3 Å². The fraction of sp³-hybridized carbons (Fsp3) is 0.286. The summed E-state index contributed by atoms with van der Waals surface area (Å²) >= 11 is 1.49. The molecule has 1 aliphatic carbocycles. The fourth-order valence-corrected chi connectivity index (χ4v) is 6.41. The van der Waals surface area contributed by atoms with Crippen LogP contribution >= 0.6 is 11.9 Å². The zero-order valence-corrected chi connectivity index (χ0v) is 25.2. The number of carboxylic acids is 1. The van der Waals surface area contributed by atoms with Crippen LogP contribution in [0.2, 0.25) is 0 Å². The van der Waals surface area contributed by atoms with Gasteiger partial charge < -0.3 is 15.1 Å². The molecule has 8 heteroatoms. The lowest BCUT2D eigenvalue weighted by Crippen LogP contribution is -2.38. The Morgan fingerprint density at radius 1 is 0.907 bits per heavy atom. The van der Waals surface area contributed by atoms with Gasteiger partial charge in [-0.3, -0.25) is 9.78 Å². The molecule has 1 aromatic heterocycles. The molecule has 0 spiro atoms. The summed E-state index contributed by atoms with van der Waals surface area (Å²) in [4.78, 5) is 32.7. The summed E-state index contributed by atoms with van der Waals surface area (Å²) < 4.78 is 1.97. The quantitative estimate of drug-likeness (QED) is 0.173. The highest BCUT2D eigenvalue weighted by molar-refractivity contribution is 7.97. The monoisotopic (exact) mass is 595 g/mol. The predicted molar refractivity (Wildman–Crippen MR) is 170 cm³/mol. The number of hydrogen-bond acceptors (Lipinski definition) is 6. The lowest BCUT2D eigenvalue weighted by molar-refractivity contribution is -0.118. The number of aromatic carboxylic acids is 1. The van der Waals surface area contributed by atoms with Gasteiger partial charge in [0, 0.05) is 22.8 Å². The first kappa shape index (κ1) is 30.3. The van der Waals surface area contributed by atoms with Crippen molar-refractivity contribution in [2.75, 3.05) is 11.4 Å². The number of aromatic nitrogens is 1. The molecular formula is C35H37N3O4S. The van der Waals surface area contributed by atoms with Gasteiger partial charge in [-0.05, 0) is 85.2 Å². The Morgan fingerprint density at radius 2 is 1.65 bits per heavy atom. The Balaban J connectivity index is 1.41. The van der Waals surface area contributed by atoms with Crippen LogP contribution in [0, 0.1) is 6.92 Å². The van der Waals surface area contributed by atoms with E-state index in [1.807, 2.05) is 53.7 Å². The first-order valence-electron chi connectivity index (χ1n) is 14.7. The van der Waals surface area contributed by atoms with Crippen LogP contribution in [-0.4, -0.2) is 37.9 Å². The van der Waals surface area contributed by atoms with E-state index in [9.17, 15) is 19.8 Å². The largest absolute Gasteiger partial charge is 0.507 e. The van der Waals surface area contributed by atoms with Crippen molar-refractivity contribution in [2.24, 2.45) is 0 Å². The zero-order valence-electron chi connectivity index (χ0n) is 24.4. The van der Waals surface area contributed by atoms with Crippen LogP contribution in [0.25, 0.3) is 0 Å². The van der Waals surface area contributed by atoms with Crippen LogP contribution in [0.15, 0.2) is 96.0 Å². The molecule has 0 bridgehead atoms. The number of carbonyl (C=O) groups excluding carboxylic acids is 1. The van der Waals surface area contributed by atoms with Crippen LogP contribution in [0.3, 0.4) is 0 Å². The summed E-state index contributed by atoms with van der Waals surface area (Å²) in [6.45, 7) is 2.82. The molecule has 1 saturated carbocycles. The maximum Gasteiger partial charge on any atom is 0.339 e. The second-order valence-electron chi connectivity index (χ2n) is 11.1. The highest BCUT2D eigenvalue weighted by atomic mass is 32.2. The van der Waals surface area contributed by atoms with E-state index < -0.39 is 5.97 Å². The number of carbonyl (C=O) groups is 2. The van der Waals surface area contributed by atoms with Crippen molar-refractivity contribution in [3.05, 3.63) is 119 Å². The number of aryl methyl sites for hydroxylation is 1. The molecule has 0 radical (unpaired) electrons. The maximum atomic E-state index is 14.1. The van der Waals surface area contributed by atoms with Gasteiger partial charge >= 0.3 is 5.97 Å². The Morgan fingerprint density at radius 3 is 2.30 bits per heavy atom. The summed E-state index contributed by atoms with van der Waals surface area (Å²) in [5.74, 6) is -1.21. The minimum Gasteiger partial charge on any atom is -0.507 e. The molecule has 2 N–H and O–H groups in total. The minimum absolute atomic E-state index is 0.0662. The molecule has 0 aliphatic heterocycles. The smallest absolute Gasteiger partial charge is 0.339 e. The number of phenols is 1. The average molecular weight is 596 g/mol. The number of anilines is 1. The Kier molecular flexibility index (Phi) is 10.1. The zero-order chi connectivity index (χ0) is 30.2. The summed E-state index contributed by atoms with van der Waals surface area (Å²) in [5.41, 5.74) is 4.50. The molecule has 222 valence electrons. The Bertz CT molecular complexity index is 1520. The lowest BCUT2D eigenvalue weighted by Gasteiger charge is -2.28. The van der Waals surface area contributed by atoms with E-state index in [0.29, 0.717) is 18.2 Å². The second kappa shape index (κ2) is 14.4. The van der Waals surface area contributed by atoms with Gasteiger partial charge in [0.2, 0.25) is 5.91 Å². The fourth-order valence-electron chi connectivity index (χ4n) is 5.48. The third-order valence-corrected chi connectivity index (χ3v) is 8.85. The molecule has 1 aliphatic rings. The first-order valence-corrected chi connectivity index (χ1v) is 15.5. The van der Waals surface area contributed by atoms with Gasteiger partial charge in [0.05, 0.1) is 25.3 Å². The van der Waals surface area contributed by atoms with Crippen molar-refractivity contribution in [1.29, 1.82) is 0 Å². The number of aromatic hydroxyl groups is 1. The third-order valence-electron chi connectivity index (χ3n) is 7.85. The van der Waals surface area contributed by atoms with Gasteiger partial charge in [-0.25, -0.2) is 9.10 Å². The molecule has 4 aromatic rings. The van der Waals surface area contributed by atoms with Crippen molar-refractivity contribution in [2.45, 2.75) is 62.9 Å². The standard InChI is InChI=1S/C35H37N3O4S/c1-25-10-17-31(18-11-25)43-37(23-29-9-5-6-20-36-29)24-34(40)38(30-16-19-32(35(41)42)33(39)21-30)22-26-12-14-28(15-13-26)27-7-3-2-4-8-27/h5-6,9-21,27,39H,2-4,7-8,22-24H2,1H3,(H,41,42). The summed E-state index contributed by atoms with van der Waals surface area (Å²) in [5, 5.41) is 19.9. The molecule has 43 heavy (non-hydrogen) atoms. The highest BCUT2D eigenvalue weighted by Crippen LogP contribution is 2.33. The SMILES string of the molecule is Cc1ccc(SN(CC(=O)N(Cc2ccc(C3CCCCC3)cc2)c2ccc(C(=O)O)c(O)c2)Cc2ccccn2)cc1. The number of pyridine rings is 1. The van der Waals surface area contributed by atoms with E-state index in [2.05, 4.69) is 29.2 Å². The number of hydrogen-bond donors (Lipinski definition) is 2. The van der Waals surface area contributed by atoms with Crippen LogP contribution < -0.4 is 4.90 Å². The molecular weight excluding hydrogens is 558 g/mol. The van der Waals surface area contributed by atoms with Gasteiger partial charge in [-0.15, -0.1) is 0 Å². The number of nitrogens with zero attached hydrogens (tertiary/aromatic N) is 3. The summed E-state index contributed by atoms with van der Waals surface area (Å²) in [6.07, 6.45) is 7.99. The van der Waals surface area contributed by atoms with E-state index in [1.54, 1.807) is 17.2 Å². The van der Waals surface area contributed by atoms with Gasteiger partial charge in [0.25, 0.3) is 0 Å². The highest BCUT2D eigenvalue weighted by Gasteiger charge is 2.23. The molecule has 0 atom stereocenters. The number of carboxylic acid groups (broad SMARTS) is 1. The van der Waals surface area contributed by atoms with Crippen molar-refractivity contribution in [1.82, 2.24) is 9.29 Å². The number of amides is 1. The minimum atomic E-state index is -1.23. The molecule has 0 saturated heterocycles. The van der Waals surface area contributed by atoms with E-state index in [-0.39, 0.29) is 30.3 Å². The maximum absolute atomic E-state index is 14.1. The van der Waals surface area contributed by atoms with Crippen LogP contribution in [-0.2, 0) is 17.9 Å². The van der Waals surface area contributed by atoms with Crippen molar-refractivity contribution in [3.63, 3.8) is 0 Å². The Hall–Kier alpha value is -4.14. The topological polar surface area (TPSA) is 94.0 Å². The van der Waals surface area contributed by atoms with Crippen LogP contribution in [0.1, 0.15) is 70.8 Å². The van der Waals surface area contributed by atoms with E-state index in [0.717, 1.165) is 21.7 Å². The van der Waals surface area contributed by atoms with E-state index in [4.69, 9.17) is 0 Å². The van der Waals surface area contributed by atoms with E-state index in [1.165, 1.54) is 61.7 Å².